The molecule has 0 aromatic heterocycles. The zero-order valence-corrected chi connectivity index (χ0v) is 79.6. The van der Waals surface area contributed by atoms with Gasteiger partial charge >= 0.3 is 24.2 Å². The molecule has 131 heavy (non-hydrogen) atoms. The number of anilines is 4. The number of alkyl halides is 4. The second-order valence-electron chi connectivity index (χ2n) is 29.3. The molecule has 7 aromatic rings. The van der Waals surface area contributed by atoms with E-state index in [2.05, 4.69) is 135 Å². The molecule has 0 aliphatic carbocycles. The summed E-state index contributed by atoms with van der Waals surface area (Å²) in [6.07, 6.45) is 11.0. The van der Waals surface area contributed by atoms with Crippen LogP contribution in [0, 0.1) is 24.7 Å². The largest absolute Gasteiger partial charge is 0.508 e. The highest BCUT2D eigenvalue weighted by molar-refractivity contribution is 9.24. The average molecular weight is 2010 g/mol. The van der Waals surface area contributed by atoms with E-state index < -0.39 is 82.6 Å². The van der Waals surface area contributed by atoms with E-state index in [0.29, 0.717) is 87.8 Å². The Balaban J connectivity index is 0.000000748. The van der Waals surface area contributed by atoms with E-state index in [4.69, 9.17) is 62.5 Å². The van der Waals surface area contributed by atoms with Crippen molar-refractivity contribution in [2.24, 2.45) is 16.0 Å². The number of unbranched alkanes of at least 4 members (excludes halogenated alkanes) is 1. The number of terminal acetylenes is 2. The van der Waals surface area contributed by atoms with Crippen LogP contribution in [0.4, 0.5) is 41.5 Å². The maximum Gasteiger partial charge on any atom is 0.412 e. The molecule has 0 saturated carbocycles. The van der Waals surface area contributed by atoms with Gasteiger partial charge in [0, 0.05) is 52.0 Å². The molecule has 41 heteroatoms. The van der Waals surface area contributed by atoms with Crippen LogP contribution in [0.3, 0.4) is 0 Å². The fourth-order valence-electron chi connectivity index (χ4n) is 10.3. The maximum atomic E-state index is 12.2. The number of halogens is 4. The zero-order chi connectivity index (χ0) is 98.7. The smallest absolute Gasteiger partial charge is 0.412 e. The number of benzene rings is 7. The molecule has 4 aliphatic heterocycles. The molecule has 4 heterocycles. The summed E-state index contributed by atoms with van der Waals surface area (Å²) < 4.78 is 45.7. The highest BCUT2D eigenvalue weighted by Crippen LogP contribution is 2.30. The molecule has 12 N–H and O–H groups in total. The van der Waals surface area contributed by atoms with Gasteiger partial charge in [-0.25, -0.2) is 19.2 Å². The molecule has 4 aliphatic rings. The number of imide groups is 4. The summed E-state index contributed by atoms with van der Waals surface area (Å²) in [7, 11) is 3.71. The third-order valence-electron chi connectivity index (χ3n) is 15.8. The second-order valence-corrected chi connectivity index (χ2v) is 32.3. The summed E-state index contributed by atoms with van der Waals surface area (Å²) in [6, 6.07) is 45.3. The number of phenols is 1. The lowest BCUT2D eigenvalue weighted by molar-refractivity contribution is -0.137. The summed E-state index contributed by atoms with van der Waals surface area (Å²) in [5, 5.41) is 33.7. The molecule has 11 rings (SSSR count). The number of hydrogen-bond acceptors (Lipinski definition) is 26. The number of hydrogen-bond donors (Lipinski definition) is 10. The van der Waals surface area contributed by atoms with Crippen LogP contribution in [-0.4, -0.2) is 179 Å². The van der Waals surface area contributed by atoms with Gasteiger partial charge in [-0.15, -0.1) is 12.8 Å². The molecule has 0 radical (unpaired) electrons. The highest BCUT2D eigenvalue weighted by Gasteiger charge is 2.46. The van der Waals surface area contributed by atoms with Gasteiger partial charge in [0.1, 0.15) is 57.4 Å². The van der Waals surface area contributed by atoms with Crippen LogP contribution in [0.5, 0.6) is 23.0 Å². The molecule has 11 amide bonds. The number of nitrogens with one attached hydrogen (secondary N) is 7. The average Bonchev–Trinajstić information content (AvgIpc) is 1.62. The van der Waals surface area contributed by atoms with Crippen molar-refractivity contribution in [2.45, 2.75) is 143 Å². The van der Waals surface area contributed by atoms with Crippen LogP contribution in [0.15, 0.2) is 180 Å². The lowest BCUT2D eigenvalue weighted by Crippen LogP contribution is -2.54. The monoisotopic (exact) mass is 2010 g/mol. The summed E-state index contributed by atoms with van der Waals surface area (Å²) in [5.41, 5.74) is 30.7. The van der Waals surface area contributed by atoms with E-state index in [1.54, 1.807) is 187 Å². The van der Waals surface area contributed by atoms with Gasteiger partial charge < -0.3 is 60.4 Å². The predicted octanol–water partition coefficient (Wildman–Crippen LogP) is 16.4. The van der Waals surface area contributed by atoms with Gasteiger partial charge in [-0.05, 0) is 261 Å². The van der Waals surface area contributed by atoms with Gasteiger partial charge in [0.2, 0.25) is 23.6 Å². The first-order valence-electron chi connectivity index (χ1n) is 39.7. The topological polar surface area (TPSA) is 530 Å². The minimum Gasteiger partial charge on any atom is -0.508 e. The van der Waals surface area contributed by atoms with Gasteiger partial charge in [-0.1, -0.05) is 104 Å². The number of piperidine rings is 2. The number of rotatable bonds is 20. The van der Waals surface area contributed by atoms with E-state index in [-0.39, 0.29) is 62.7 Å². The van der Waals surface area contributed by atoms with Crippen molar-refractivity contribution < 1.29 is 100 Å². The summed E-state index contributed by atoms with van der Waals surface area (Å²) in [5.74, 6) is 2.55. The molecule has 2 fully saturated rings. The van der Waals surface area contributed by atoms with Crippen molar-refractivity contribution in [2.75, 3.05) is 85.9 Å². The van der Waals surface area contributed by atoms with E-state index in [1.165, 1.54) is 37.6 Å². The Labute approximate surface area is 785 Å². The lowest BCUT2D eigenvalue weighted by Gasteiger charge is -2.27. The minimum atomic E-state index is -0.898. The Hall–Kier alpha value is -13.6. The van der Waals surface area contributed by atoms with Crippen molar-refractivity contribution in [3.8, 4) is 47.7 Å². The van der Waals surface area contributed by atoms with Crippen LogP contribution in [0.2, 0.25) is 0 Å². The van der Waals surface area contributed by atoms with Crippen LogP contribution in [0.1, 0.15) is 165 Å². The van der Waals surface area contributed by atoms with Crippen LogP contribution in [0.25, 0.3) is 20.9 Å². The molecule has 2 unspecified atom stereocenters. The third-order valence-corrected chi connectivity index (χ3v) is 16.0. The number of ether oxygens (including phenoxy) is 7. The van der Waals surface area contributed by atoms with Crippen molar-refractivity contribution in [3.05, 3.63) is 224 Å². The van der Waals surface area contributed by atoms with Crippen LogP contribution in [-0.2, 0) is 44.7 Å². The van der Waals surface area contributed by atoms with Gasteiger partial charge in [0.15, 0.2) is 13.5 Å². The SMILES string of the molecule is BrCBr.C#CCN.C#CCNC.CC(C)(C)OC(=O)Nc1ccc(O)cc1.CC(C)(C)OC(=O)Nc1ccc(OCBr)cc1.CC(C)(C)OC(=O)Nc1ccc(OCN=[N+]=[N-])cc1.CCCCNCc1ccc(C(=O)OC)cc1.CF.O=C1CCC(N2C(=O)c3ccccc3C2=O)C(=O)N1.O=C1CCC(N2C(=O)c3ccccc3C2=O)C(=O)N1.[N-]=[N+]=NCOc1ccc(N)cc1. The fraction of sp³-hybridized carbons (Fsp3) is 0.356. The number of nitrogens with zero attached hydrogens (tertiary/aromatic N) is 8. The Kier molecular flexibility index (Phi) is 55.8. The quantitative estimate of drug-likeness (QED) is 0.00289. The number of carbonyl (C=O) groups excluding carboxylic acids is 12. The van der Waals surface area contributed by atoms with Gasteiger partial charge in [-0.3, -0.25) is 79.1 Å². The second kappa shape index (κ2) is 63.3. The van der Waals surface area contributed by atoms with Crippen molar-refractivity contribution in [1.29, 1.82) is 0 Å². The number of phenolic OH excluding ortho intramolecular Hbond substituents is 1. The van der Waals surface area contributed by atoms with Crippen molar-refractivity contribution in [1.82, 2.24) is 31.1 Å². The molecule has 704 valence electrons. The van der Waals surface area contributed by atoms with Gasteiger partial charge in [-0.2, -0.15) is 0 Å². The number of nitrogen functional groups attached to an aromatic ring is 1. The zero-order valence-electron chi connectivity index (χ0n) is 74.8. The number of aromatic hydroxyl groups is 1. The number of nitrogens with two attached hydrogens (primary N) is 2. The molecular formula is C90H111Br3FN17O20. The standard InChI is InChI=1S/2C13H10N2O4.C13H19NO2.C12H16BrNO3.C12H16N4O3.C11H15NO3.C7H8N4O.C4H7N.C3H5N.CH2Br2.CH3F/c2*16-10-6-5-9(11(17)14-10)15-12(18)7-3-1-2-4-8(7)13(15)19;1-3-4-9-14-10-11-5-7-12(8-6-11)13(15)16-2;1-12(2,3)17-11(15)14-9-4-6-10(7-5-9)16-8-13;1-12(2,3)19-11(17)15-9-4-6-10(7-5-9)18-8-14-16-13;1-11(2,3)15-10(14)12-8-4-6-9(13)7-5-8;8-6-1-3-7(4-2-6)12-5-10-11-9;1-3-4-5-2;1-2-3-4;2-1-3;1-2/h2*1-4,9H,5-6H2,(H,14,16,17);5-8,14H,3-4,9-10H2,1-2H3;4-7H,8H2,1-3H3,(H,14,15);4-7H,8H2,1-3H3,(H,15,17);4-7,13H,1-3H3,(H,12,14);1-4H,5,8H2;1,5H,4H2,2H3;1H,3-4H2;1H2;1H3. The normalized spacial score (nSPS) is 13.3. The molecule has 0 spiro atoms. The minimum absolute atomic E-state index is 0.000415. The lowest BCUT2D eigenvalue weighted by atomic mass is 10.0. The number of methoxy groups -OCH3 is 1. The van der Waals surface area contributed by atoms with Gasteiger partial charge in [0.25, 0.3) is 23.6 Å². The molecule has 7 aromatic carbocycles. The Morgan fingerprint density at radius 1 is 0.557 bits per heavy atom. The fourth-order valence-corrected chi connectivity index (χ4v) is 10.6. The van der Waals surface area contributed by atoms with E-state index in [9.17, 15) is 61.9 Å². The molecular weight excluding hydrogens is 1900 g/mol. The third kappa shape index (κ3) is 47.3. The molecule has 37 nitrogen and oxygen atoms in total. The number of carbonyl (C=O) groups is 12. The van der Waals surface area contributed by atoms with Crippen molar-refractivity contribution in [3.63, 3.8) is 0 Å². The summed E-state index contributed by atoms with van der Waals surface area (Å²) in [6.45, 7) is 21.2. The van der Waals surface area contributed by atoms with Crippen molar-refractivity contribution >= 4 is 142 Å². The first-order chi connectivity index (χ1) is 62.2. The number of amides is 11. The molecule has 2 saturated heterocycles. The molecule has 0 bridgehead atoms. The maximum absolute atomic E-state index is 12.2. The number of fused-ring (bicyclic) bond motifs is 2. The summed E-state index contributed by atoms with van der Waals surface area (Å²) in [4.78, 5) is 147. The van der Waals surface area contributed by atoms with Crippen LogP contribution >= 0.6 is 47.8 Å². The van der Waals surface area contributed by atoms with Crippen LogP contribution < -0.4 is 62.9 Å². The Bertz CT molecular complexity index is 4820. The van der Waals surface area contributed by atoms with Gasteiger partial charge in [0.05, 0.1) is 59.4 Å². The van der Waals surface area contributed by atoms with E-state index >= 15 is 0 Å². The highest BCUT2D eigenvalue weighted by atomic mass is 79.9. The summed E-state index contributed by atoms with van der Waals surface area (Å²) >= 11 is 9.29. The Morgan fingerprint density at radius 3 is 1.18 bits per heavy atom. The first kappa shape index (κ1) is 115. The number of azide groups is 2. The van der Waals surface area contributed by atoms with E-state index in [0.717, 1.165) is 32.9 Å². The Morgan fingerprint density at radius 2 is 0.893 bits per heavy atom. The van der Waals surface area contributed by atoms with E-state index in [1.807, 2.05) is 40.0 Å². The first-order valence-corrected chi connectivity index (χ1v) is 43.1. The molecule has 2 atom stereocenters. The number of esters is 1. The predicted molar refractivity (Wildman–Crippen MR) is 506 cm³/mol.